The van der Waals surface area contributed by atoms with Gasteiger partial charge in [0.25, 0.3) is 5.69 Å². The minimum Gasteiger partial charge on any atom is -0.351 e. The normalized spacial score (nSPS) is 10.3. The van der Waals surface area contributed by atoms with Gasteiger partial charge in [-0.1, -0.05) is 12.1 Å². The van der Waals surface area contributed by atoms with E-state index in [1.807, 2.05) is 0 Å². The molecule has 8 nitrogen and oxygen atoms in total. The van der Waals surface area contributed by atoms with Crippen molar-refractivity contribution in [1.29, 1.82) is 0 Å². The number of benzene rings is 2. The molecule has 2 aromatic rings. The number of hydrogen-bond acceptors (Lipinski definition) is 4. The highest BCUT2D eigenvalue weighted by molar-refractivity contribution is 6.02. The Labute approximate surface area is 137 Å². The Bertz CT molecular complexity index is 800. The molecule has 0 atom stereocenters. The fraction of sp³-hybridized carbons (Fsp3) is 0. The van der Waals surface area contributed by atoms with Crippen LogP contribution in [0.3, 0.4) is 0 Å². The minimum absolute atomic E-state index is 0.0462. The smallest absolute Gasteiger partial charge is 0.316 e. The number of amides is 3. The van der Waals surface area contributed by atoms with Crippen LogP contribution < -0.4 is 16.4 Å². The Morgan fingerprint density at radius 2 is 1.67 bits per heavy atom. The van der Waals surface area contributed by atoms with Crippen molar-refractivity contribution < 1.29 is 14.5 Å². The molecule has 0 heterocycles. The summed E-state index contributed by atoms with van der Waals surface area (Å²) in [6, 6.07) is 11.6. The first-order valence-electron chi connectivity index (χ1n) is 6.84. The molecular formula is C16H14N4O4. The van der Waals surface area contributed by atoms with Crippen LogP contribution in [0.1, 0.15) is 5.56 Å². The van der Waals surface area contributed by atoms with Crippen LogP contribution in [0, 0.1) is 10.1 Å². The minimum atomic E-state index is -0.674. The third-order valence-corrected chi connectivity index (χ3v) is 2.93. The zero-order valence-corrected chi connectivity index (χ0v) is 12.4. The van der Waals surface area contributed by atoms with Gasteiger partial charge in [0.15, 0.2) is 0 Å². The van der Waals surface area contributed by atoms with Gasteiger partial charge in [-0.3, -0.25) is 14.9 Å². The molecule has 0 aliphatic rings. The zero-order chi connectivity index (χ0) is 17.5. The average Bonchev–Trinajstić information content (AvgIpc) is 2.54. The van der Waals surface area contributed by atoms with Gasteiger partial charge in [0.1, 0.15) is 0 Å². The topological polar surface area (TPSA) is 127 Å². The van der Waals surface area contributed by atoms with Crippen LogP contribution in [0.2, 0.25) is 0 Å². The number of hydrogen-bond donors (Lipinski definition) is 3. The number of nitrogens with zero attached hydrogens (tertiary/aromatic N) is 1. The Kier molecular flexibility index (Phi) is 5.24. The van der Waals surface area contributed by atoms with Crippen molar-refractivity contribution in [3.8, 4) is 0 Å². The quantitative estimate of drug-likeness (QED) is 0.443. The van der Waals surface area contributed by atoms with E-state index in [0.29, 0.717) is 16.9 Å². The lowest BCUT2D eigenvalue weighted by Gasteiger charge is -2.04. The van der Waals surface area contributed by atoms with Crippen LogP contribution in [0.4, 0.5) is 21.9 Å². The van der Waals surface area contributed by atoms with Crippen molar-refractivity contribution in [3.05, 3.63) is 70.3 Å². The van der Waals surface area contributed by atoms with E-state index in [0.717, 1.165) is 0 Å². The molecule has 2 aromatic carbocycles. The Balaban J connectivity index is 1.98. The van der Waals surface area contributed by atoms with E-state index in [1.54, 1.807) is 36.4 Å². The van der Waals surface area contributed by atoms with Gasteiger partial charge in [-0.05, 0) is 35.9 Å². The summed E-state index contributed by atoms with van der Waals surface area (Å²) in [5.41, 5.74) is 6.53. The molecule has 0 aliphatic carbocycles. The average molecular weight is 326 g/mol. The van der Waals surface area contributed by atoms with Crippen molar-refractivity contribution in [2.45, 2.75) is 0 Å². The number of carbonyl (C=O) groups is 2. The Morgan fingerprint density at radius 3 is 2.25 bits per heavy atom. The van der Waals surface area contributed by atoms with E-state index in [1.165, 1.54) is 24.3 Å². The molecule has 0 aromatic heterocycles. The van der Waals surface area contributed by atoms with Gasteiger partial charge in [-0.15, -0.1) is 0 Å². The van der Waals surface area contributed by atoms with E-state index >= 15 is 0 Å². The predicted molar refractivity (Wildman–Crippen MR) is 90.4 cm³/mol. The molecule has 8 heteroatoms. The standard InChI is InChI=1S/C16H14N4O4/c17-16(22)19-13-7-5-12(6-8-13)18-15(21)9-4-11-2-1-3-14(10-11)20(23)24/h1-10H,(H,18,21)(H3,17,19,22)/b9-4+. The number of carbonyl (C=O) groups excluding carboxylic acids is 2. The van der Waals surface area contributed by atoms with Gasteiger partial charge in [-0.2, -0.15) is 0 Å². The number of anilines is 2. The van der Waals surface area contributed by atoms with E-state index in [9.17, 15) is 19.7 Å². The maximum absolute atomic E-state index is 11.8. The van der Waals surface area contributed by atoms with Gasteiger partial charge >= 0.3 is 6.03 Å². The van der Waals surface area contributed by atoms with Gasteiger partial charge in [-0.25, -0.2) is 4.79 Å². The summed E-state index contributed by atoms with van der Waals surface area (Å²) in [4.78, 5) is 32.7. The first kappa shape index (κ1) is 16.7. The molecular weight excluding hydrogens is 312 g/mol. The summed E-state index contributed by atoms with van der Waals surface area (Å²) in [6.07, 6.45) is 2.75. The van der Waals surface area contributed by atoms with Crippen LogP contribution in [0.25, 0.3) is 6.08 Å². The third-order valence-electron chi connectivity index (χ3n) is 2.93. The number of nitro groups is 1. The number of nitrogens with one attached hydrogen (secondary N) is 2. The SMILES string of the molecule is NC(=O)Nc1ccc(NC(=O)/C=C/c2cccc([N+](=O)[O-])c2)cc1. The summed E-state index contributed by atoms with van der Waals surface area (Å²) in [5.74, 6) is -0.392. The van der Waals surface area contributed by atoms with E-state index in [-0.39, 0.29) is 5.69 Å². The maximum atomic E-state index is 11.8. The second-order valence-electron chi connectivity index (χ2n) is 4.74. The van der Waals surface area contributed by atoms with Gasteiger partial charge in [0.05, 0.1) is 4.92 Å². The second-order valence-corrected chi connectivity index (χ2v) is 4.74. The molecule has 2 rings (SSSR count). The first-order valence-corrected chi connectivity index (χ1v) is 6.84. The first-order chi connectivity index (χ1) is 11.4. The molecule has 0 bridgehead atoms. The van der Waals surface area contributed by atoms with Crippen molar-refractivity contribution >= 4 is 35.1 Å². The van der Waals surface area contributed by atoms with Gasteiger partial charge in [0.2, 0.25) is 5.91 Å². The molecule has 0 saturated heterocycles. The van der Waals surface area contributed by atoms with Crippen LogP contribution in [-0.2, 0) is 4.79 Å². The highest BCUT2D eigenvalue weighted by Gasteiger charge is 2.04. The van der Waals surface area contributed by atoms with Crippen molar-refractivity contribution in [2.24, 2.45) is 5.73 Å². The largest absolute Gasteiger partial charge is 0.351 e. The Morgan fingerprint density at radius 1 is 1.04 bits per heavy atom. The number of rotatable bonds is 5. The molecule has 0 aliphatic heterocycles. The molecule has 4 N–H and O–H groups in total. The summed E-state index contributed by atoms with van der Waals surface area (Å²) >= 11 is 0. The highest BCUT2D eigenvalue weighted by Crippen LogP contribution is 2.15. The summed E-state index contributed by atoms with van der Waals surface area (Å²) < 4.78 is 0. The fourth-order valence-electron chi connectivity index (χ4n) is 1.88. The zero-order valence-electron chi connectivity index (χ0n) is 12.4. The third kappa shape index (κ3) is 4.95. The number of urea groups is 1. The highest BCUT2D eigenvalue weighted by atomic mass is 16.6. The number of primary amides is 1. The molecule has 0 saturated carbocycles. The number of nitrogens with two attached hydrogens (primary N) is 1. The van der Waals surface area contributed by atoms with Gasteiger partial charge < -0.3 is 16.4 Å². The van der Waals surface area contributed by atoms with Crippen molar-refractivity contribution in [2.75, 3.05) is 10.6 Å². The van der Waals surface area contributed by atoms with E-state index < -0.39 is 16.9 Å². The summed E-state index contributed by atoms with van der Waals surface area (Å²) in [7, 11) is 0. The lowest BCUT2D eigenvalue weighted by molar-refractivity contribution is -0.384. The monoisotopic (exact) mass is 326 g/mol. The summed E-state index contributed by atoms with van der Waals surface area (Å²) in [5, 5.41) is 15.7. The molecule has 0 fully saturated rings. The second kappa shape index (κ2) is 7.54. The molecule has 0 unspecified atom stereocenters. The van der Waals surface area contributed by atoms with Crippen molar-refractivity contribution in [3.63, 3.8) is 0 Å². The molecule has 122 valence electrons. The van der Waals surface area contributed by atoms with Gasteiger partial charge in [0, 0.05) is 29.6 Å². The summed E-state index contributed by atoms with van der Waals surface area (Å²) in [6.45, 7) is 0. The van der Waals surface area contributed by atoms with Crippen LogP contribution >= 0.6 is 0 Å². The van der Waals surface area contributed by atoms with Crippen LogP contribution in [-0.4, -0.2) is 16.9 Å². The van der Waals surface area contributed by atoms with Crippen molar-refractivity contribution in [1.82, 2.24) is 0 Å². The maximum Gasteiger partial charge on any atom is 0.316 e. The fourth-order valence-corrected chi connectivity index (χ4v) is 1.88. The molecule has 0 spiro atoms. The Hall–Kier alpha value is -3.68. The van der Waals surface area contributed by atoms with Crippen LogP contribution in [0.5, 0.6) is 0 Å². The molecule has 0 radical (unpaired) electrons. The van der Waals surface area contributed by atoms with E-state index in [4.69, 9.17) is 5.73 Å². The number of non-ortho nitro benzene ring substituents is 1. The predicted octanol–water partition coefficient (Wildman–Crippen LogP) is 2.74. The molecule has 3 amide bonds. The van der Waals surface area contributed by atoms with E-state index in [2.05, 4.69) is 10.6 Å². The lowest BCUT2D eigenvalue weighted by Crippen LogP contribution is -2.19. The molecule has 24 heavy (non-hydrogen) atoms. The van der Waals surface area contributed by atoms with Crippen LogP contribution in [0.15, 0.2) is 54.6 Å². The number of nitro benzene ring substituents is 1. The lowest BCUT2D eigenvalue weighted by atomic mass is 10.2.